The van der Waals surface area contributed by atoms with Crippen molar-refractivity contribution in [2.45, 2.75) is 19.6 Å². The van der Waals surface area contributed by atoms with Gasteiger partial charge in [-0.3, -0.25) is 9.69 Å². The molecule has 7 heteroatoms. The third kappa shape index (κ3) is 4.62. The van der Waals surface area contributed by atoms with Gasteiger partial charge in [0.2, 0.25) is 5.76 Å². The monoisotopic (exact) mass is 421 g/mol. The number of amides is 1. The van der Waals surface area contributed by atoms with Crippen LogP contribution in [-0.2, 0) is 6.54 Å². The summed E-state index contributed by atoms with van der Waals surface area (Å²) in [5.74, 6) is 0.593. The molecule has 1 aliphatic heterocycles. The molecule has 4 rings (SSSR count). The summed E-state index contributed by atoms with van der Waals surface area (Å²) in [4.78, 5) is 17.3. The molecular formula is C24H27N3O4. The number of carbonyl (C=O) groups excluding carboxylic acids is 1. The number of aliphatic hydroxyl groups excluding tert-OH is 1. The SMILES string of the molecule is COc1ccc(-c2noc(C(=O)N3CCN(Cc4ccccc4)CC3)c2[C@H](C)O)cc1. The van der Waals surface area contributed by atoms with Crippen LogP contribution in [0.4, 0.5) is 0 Å². The van der Waals surface area contributed by atoms with Gasteiger partial charge in [0, 0.05) is 38.3 Å². The molecule has 1 N–H and O–H groups in total. The lowest BCUT2D eigenvalue weighted by Crippen LogP contribution is -2.48. The van der Waals surface area contributed by atoms with Gasteiger partial charge in [-0.25, -0.2) is 0 Å². The predicted molar refractivity (Wildman–Crippen MR) is 117 cm³/mol. The summed E-state index contributed by atoms with van der Waals surface area (Å²) in [6.45, 7) is 5.25. The van der Waals surface area contributed by atoms with Crippen LogP contribution < -0.4 is 4.74 Å². The first-order valence-corrected chi connectivity index (χ1v) is 10.4. The van der Waals surface area contributed by atoms with Gasteiger partial charge in [0.25, 0.3) is 5.91 Å². The lowest BCUT2D eigenvalue weighted by atomic mass is 10.0. The smallest absolute Gasteiger partial charge is 0.292 e. The Labute approximate surface area is 181 Å². The van der Waals surface area contributed by atoms with Gasteiger partial charge in [-0.05, 0) is 36.8 Å². The van der Waals surface area contributed by atoms with Crippen molar-refractivity contribution < 1.29 is 19.2 Å². The van der Waals surface area contributed by atoms with Crippen molar-refractivity contribution in [1.82, 2.24) is 15.0 Å². The zero-order valence-electron chi connectivity index (χ0n) is 17.8. The molecule has 3 aromatic rings. The lowest BCUT2D eigenvalue weighted by molar-refractivity contribution is 0.0581. The van der Waals surface area contributed by atoms with Crippen LogP contribution in [-0.4, -0.2) is 59.3 Å². The number of aromatic nitrogens is 1. The molecule has 1 amide bonds. The number of hydrogen-bond donors (Lipinski definition) is 1. The molecule has 0 saturated carbocycles. The summed E-state index contributed by atoms with van der Waals surface area (Å²) in [5.41, 5.74) is 2.91. The largest absolute Gasteiger partial charge is 0.497 e. The highest BCUT2D eigenvalue weighted by Gasteiger charge is 2.31. The van der Waals surface area contributed by atoms with Gasteiger partial charge in [-0.1, -0.05) is 35.5 Å². The number of hydrogen-bond acceptors (Lipinski definition) is 6. The zero-order chi connectivity index (χ0) is 21.8. The molecule has 31 heavy (non-hydrogen) atoms. The molecule has 0 aliphatic carbocycles. The molecular weight excluding hydrogens is 394 g/mol. The summed E-state index contributed by atoms with van der Waals surface area (Å²) in [6.07, 6.45) is -0.887. The highest BCUT2D eigenvalue weighted by atomic mass is 16.5. The number of benzene rings is 2. The van der Waals surface area contributed by atoms with E-state index < -0.39 is 6.10 Å². The summed E-state index contributed by atoms with van der Waals surface area (Å²) < 4.78 is 10.7. The number of rotatable bonds is 6. The predicted octanol–water partition coefficient (Wildman–Crippen LogP) is 3.36. The van der Waals surface area contributed by atoms with E-state index in [9.17, 15) is 9.90 Å². The van der Waals surface area contributed by atoms with Crippen LogP contribution >= 0.6 is 0 Å². The third-order valence-electron chi connectivity index (χ3n) is 5.61. The van der Waals surface area contributed by atoms with E-state index in [1.165, 1.54) is 5.56 Å². The van der Waals surface area contributed by atoms with Crippen molar-refractivity contribution in [3.63, 3.8) is 0 Å². The topological polar surface area (TPSA) is 79.0 Å². The summed E-state index contributed by atoms with van der Waals surface area (Å²) >= 11 is 0. The van der Waals surface area contributed by atoms with Gasteiger partial charge in [0.15, 0.2) is 0 Å². The van der Waals surface area contributed by atoms with E-state index in [4.69, 9.17) is 9.26 Å². The van der Waals surface area contributed by atoms with Crippen molar-refractivity contribution in [3.05, 3.63) is 71.5 Å². The molecule has 7 nitrogen and oxygen atoms in total. The van der Waals surface area contributed by atoms with E-state index in [1.807, 2.05) is 42.5 Å². The summed E-state index contributed by atoms with van der Waals surface area (Å²) in [7, 11) is 1.60. The van der Waals surface area contributed by atoms with Crippen LogP contribution in [0.1, 0.15) is 34.7 Å². The van der Waals surface area contributed by atoms with Crippen molar-refractivity contribution in [2.75, 3.05) is 33.3 Å². The van der Waals surface area contributed by atoms with Gasteiger partial charge >= 0.3 is 0 Å². The van der Waals surface area contributed by atoms with Crippen molar-refractivity contribution >= 4 is 5.91 Å². The fourth-order valence-electron chi connectivity index (χ4n) is 3.89. The summed E-state index contributed by atoms with van der Waals surface area (Å²) in [5, 5.41) is 14.5. The Hall–Kier alpha value is -3.16. The van der Waals surface area contributed by atoms with Gasteiger partial charge in [-0.15, -0.1) is 0 Å². The minimum atomic E-state index is -0.887. The van der Waals surface area contributed by atoms with Gasteiger partial charge < -0.3 is 19.3 Å². The van der Waals surface area contributed by atoms with Crippen molar-refractivity contribution in [3.8, 4) is 17.0 Å². The Balaban J connectivity index is 1.48. The Morgan fingerprint density at radius 1 is 1.10 bits per heavy atom. The maximum absolute atomic E-state index is 13.2. The standard InChI is InChI=1S/C24H27N3O4/c1-17(28)21-22(19-8-10-20(30-2)11-9-19)25-31-23(21)24(29)27-14-12-26(13-15-27)16-18-6-4-3-5-7-18/h3-11,17,28H,12-16H2,1-2H3/t17-/m0/s1. The summed E-state index contributed by atoms with van der Waals surface area (Å²) in [6, 6.07) is 17.6. The molecule has 0 unspecified atom stereocenters. The highest BCUT2D eigenvalue weighted by Crippen LogP contribution is 2.32. The Kier molecular flexibility index (Phi) is 6.34. The fraction of sp³-hybridized carbons (Fsp3) is 0.333. The van der Waals surface area contributed by atoms with Gasteiger partial charge in [-0.2, -0.15) is 0 Å². The van der Waals surface area contributed by atoms with Crippen LogP contribution in [0.2, 0.25) is 0 Å². The fourth-order valence-corrected chi connectivity index (χ4v) is 3.89. The lowest BCUT2D eigenvalue weighted by Gasteiger charge is -2.34. The zero-order valence-corrected chi connectivity index (χ0v) is 17.8. The minimum absolute atomic E-state index is 0.109. The Bertz CT molecular complexity index is 1010. The van der Waals surface area contributed by atoms with Crippen LogP contribution in [0.3, 0.4) is 0 Å². The van der Waals surface area contributed by atoms with E-state index in [0.29, 0.717) is 24.3 Å². The van der Waals surface area contributed by atoms with Crippen LogP contribution in [0, 0.1) is 0 Å². The van der Waals surface area contributed by atoms with Crippen LogP contribution in [0.5, 0.6) is 5.75 Å². The molecule has 0 spiro atoms. The quantitative estimate of drug-likeness (QED) is 0.658. The second-order valence-corrected chi connectivity index (χ2v) is 7.73. The Morgan fingerprint density at radius 2 is 1.77 bits per heavy atom. The molecule has 1 aromatic heterocycles. The minimum Gasteiger partial charge on any atom is -0.497 e. The Morgan fingerprint density at radius 3 is 2.39 bits per heavy atom. The molecule has 2 aromatic carbocycles. The van der Waals surface area contributed by atoms with Crippen molar-refractivity contribution in [2.24, 2.45) is 0 Å². The first-order valence-electron chi connectivity index (χ1n) is 10.4. The van der Waals surface area contributed by atoms with E-state index in [2.05, 4.69) is 22.2 Å². The van der Waals surface area contributed by atoms with Gasteiger partial charge in [0.1, 0.15) is 11.4 Å². The third-order valence-corrected chi connectivity index (χ3v) is 5.61. The molecule has 1 aliphatic rings. The average Bonchev–Trinajstić information content (AvgIpc) is 3.25. The molecule has 2 heterocycles. The molecule has 0 bridgehead atoms. The second-order valence-electron chi connectivity index (χ2n) is 7.73. The normalized spacial score (nSPS) is 15.6. The molecule has 0 radical (unpaired) electrons. The number of carbonyl (C=O) groups is 1. The highest BCUT2D eigenvalue weighted by molar-refractivity contribution is 5.94. The number of methoxy groups -OCH3 is 1. The van der Waals surface area contributed by atoms with E-state index in [-0.39, 0.29) is 11.7 Å². The van der Waals surface area contributed by atoms with E-state index in [1.54, 1.807) is 18.9 Å². The number of ether oxygens (including phenoxy) is 1. The maximum Gasteiger partial charge on any atom is 0.292 e. The van der Waals surface area contributed by atoms with Crippen LogP contribution in [0.15, 0.2) is 59.1 Å². The van der Waals surface area contributed by atoms with Crippen molar-refractivity contribution in [1.29, 1.82) is 0 Å². The second kappa shape index (κ2) is 9.32. The van der Waals surface area contributed by atoms with E-state index >= 15 is 0 Å². The van der Waals surface area contributed by atoms with Gasteiger partial charge in [0.05, 0.1) is 18.8 Å². The maximum atomic E-state index is 13.2. The van der Waals surface area contributed by atoms with E-state index in [0.717, 1.165) is 30.9 Å². The first kappa shape index (κ1) is 21.1. The number of nitrogens with zero attached hydrogens (tertiary/aromatic N) is 3. The number of aliphatic hydroxyl groups is 1. The molecule has 1 atom stereocenters. The first-order chi connectivity index (χ1) is 15.1. The molecule has 162 valence electrons. The van der Waals surface area contributed by atoms with Crippen LogP contribution in [0.25, 0.3) is 11.3 Å². The average molecular weight is 421 g/mol. The molecule has 1 fully saturated rings. The molecule has 1 saturated heterocycles. The number of piperazine rings is 1.